The van der Waals surface area contributed by atoms with Gasteiger partial charge in [-0.2, -0.15) is 0 Å². The second-order valence-corrected chi connectivity index (χ2v) is 31.4. The molecule has 0 amide bonds. The summed E-state index contributed by atoms with van der Waals surface area (Å²) in [5.74, 6) is 19.4. The molecule has 0 atom stereocenters. The van der Waals surface area contributed by atoms with E-state index in [1.807, 2.05) is 26.0 Å². The number of benzene rings is 5. The zero-order chi connectivity index (χ0) is 53.6. The highest BCUT2D eigenvalue weighted by Gasteiger charge is 2.30. The third kappa shape index (κ3) is 26.4. The summed E-state index contributed by atoms with van der Waals surface area (Å²) < 4.78 is 2.65. The predicted molar refractivity (Wildman–Crippen MR) is 327 cm³/mol. The Morgan fingerprint density at radius 2 is 0.845 bits per heavy atom. The average molecular weight is 1020 g/mol. The highest BCUT2D eigenvalue weighted by Crippen LogP contribution is 2.26. The van der Waals surface area contributed by atoms with Crippen molar-refractivity contribution in [2.75, 3.05) is 7.05 Å². The van der Waals surface area contributed by atoms with Crippen LogP contribution in [0.1, 0.15) is 147 Å². The Morgan fingerprint density at radius 1 is 0.507 bits per heavy atom. The summed E-state index contributed by atoms with van der Waals surface area (Å²) in [7, 11) is 5.18. The molecule has 71 heavy (non-hydrogen) atoms. The molecule has 5 aromatic rings. The lowest BCUT2D eigenvalue weighted by atomic mass is 9.46. The van der Waals surface area contributed by atoms with Gasteiger partial charge in [0.05, 0.1) is 0 Å². The summed E-state index contributed by atoms with van der Waals surface area (Å²) in [5.41, 5.74) is 19.3. The number of halogens is 2. The second-order valence-electron chi connectivity index (χ2n) is 20.1. The molecule has 2 radical (unpaired) electrons. The second kappa shape index (κ2) is 35.1. The van der Waals surface area contributed by atoms with E-state index in [2.05, 4.69) is 213 Å². The van der Waals surface area contributed by atoms with Gasteiger partial charge in [0.25, 0.3) is 0 Å². The number of aryl methyl sites for hydroxylation is 3. The van der Waals surface area contributed by atoms with Crippen molar-refractivity contribution in [2.24, 2.45) is 5.64 Å². The molecule has 0 spiro atoms. The van der Waals surface area contributed by atoms with Crippen LogP contribution < -0.4 is 5.64 Å². The van der Waals surface area contributed by atoms with E-state index in [4.69, 9.17) is 36.6 Å². The summed E-state index contributed by atoms with van der Waals surface area (Å²) in [6, 6.07) is 33.9. The van der Waals surface area contributed by atoms with E-state index >= 15 is 0 Å². The molecule has 2 N–H and O–H groups in total. The molecule has 8 heteroatoms. The Balaban J connectivity index is 0.000000540. The molecule has 0 saturated carbocycles. The number of nitrogens with zero attached hydrogens (tertiary/aromatic N) is 1. The highest BCUT2D eigenvalue weighted by molar-refractivity contribution is 7.00. The first-order valence-electron chi connectivity index (χ1n) is 26.1. The smallest absolute Gasteiger partial charge is 0.159 e. The number of hydrogen-bond donors (Lipinski definition) is 1. The molecule has 5 aromatic carbocycles. The summed E-state index contributed by atoms with van der Waals surface area (Å²) in [6.07, 6.45) is 12.8. The molecule has 0 aliphatic carbocycles. The van der Waals surface area contributed by atoms with Gasteiger partial charge >= 0.3 is 0 Å². The van der Waals surface area contributed by atoms with Crippen molar-refractivity contribution in [3.05, 3.63) is 174 Å². The fourth-order valence-corrected chi connectivity index (χ4v) is 16.0. The lowest BCUT2D eigenvalue weighted by Crippen LogP contribution is -2.56. The van der Waals surface area contributed by atoms with Gasteiger partial charge in [-0.25, -0.2) is 0 Å². The quantitative estimate of drug-likeness (QED) is 0.0941. The van der Waals surface area contributed by atoms with Crippen LogP contribution in [0.4, 0.5) is 0 Å². The van der Waals surface area contributed by atoms with E-state index in [9.17, 15) is 0 Å². The lowest BCUT2D eigenvalue weighted by molar-refractivity contribution is 0.759. The van der Waals surface area contributed by atoms with Crippen molar-refractivity contribution in [1.29, 1.82) is 0 Å². The molecule has 0 aliphatic heterocycles. The van der Waals surface area contributed by atoms with E-state index in [0.717, 1.165) is 74.7 Å². The molecule has 2 nitrogen and oxygen atoms in total. The first-order valence-corrected chi connectivity index (χ1v) is 33.8. The largest absolute Gasteiger partial charge is 0.377 e. The van der Waals surface area contributed by atoms with Crippen LogP contribution in [0.5, 0.6) is 0 Å². The Morgan fingerprint density at radius 3 is 1.15 bits per heavy atom. The van der Waals surface area contributed by atoms with Crippen LogP contribution in [0, 0.1) is 49.4 Å². The molecule has 0 heterocycles. The van der Waals surface area contributed by atoms with Gasteiger partial charge in [-0.3, -0.25) is 0 Å². The summed E-state index contributed by atoms with van der Waals surface area (Å²) in [5, 5.41) is 1.61. The fraction of sp³-hybridized carbons (Fsp3) is 0.429. The van der Waals surface area contributed by atoms with Gasteiger partial charge < -0.3 is 9.88 Å². The average Bonchev–Trinajstić information content (AvgIpc) is 3.33. The normalized spacial score (nSPS) is 10.4. The number of nitrogens with two attached hydrogens (primary N) is 1. The van der Waals surface area contributed by atoms with Crippen LogP contribution in [-0.4, -0.2) is 42.2 Å². The molecular formula is C63H88B2Cl2N2Si2. The fourth-order valence-electron chi connectivity index (χ4n) is 7.43. The highest BCUT2D eigenvalue weighted by atomic mass is 35.5. The van der Waals surface area contributed by atoms with Crippen LogP contribution >= 0.6 is 23.2 Å². The molecule has 0 aliphatic rings. The maximum atomic E-state index is 5.94. The van der Waals surface area contributed by atoms with Gasteiger partial charge in [0.15, 0.2) is 6.74 Å². The first-order chi connectivity index (χ1) is 33.6. The number of hydrogen-bond acceptors (Lipinski definition) is 2. The van der Waals surface area contributed by atoms with Gasteiger partial charge in [-0.05, 0) is 179 Å². The maximum Gasteiger partial charge on any atom is 0.159 e. The van der Waals surface area contributed by atoms with Gasteiger partial charge in [0.2, 0.25) is 0 Å². The van der Waals surface area contributed by atoms with Crippen molar-refractivity contribution in [1.82, 2.24) is 4.23 Å². The lowest BCUT2D eigenvalue weighted by Gasteiger charge is -2.40. The van der Waals surface area contributed by atoms with Crippen LogP contribution in [0.3, 0.4) is 0 Å². The molecule has 0 bridgehead atoms. The topological polar surface area (TPSA) is 29.3 Å². The predicted octanol–water partition coefficient (Wildman–Crippen LogP) is 17.1. The number of unbranched alkanes of at least 4 members (excludes halogenated alkanes) is 3. The zero-order valence-corrected chi connectivity index (χ0v) is 50.5. The molecular weight excluding hydrogens is 933 g/mol. The summed E-state index contributed by atoms with van der Waals surface area (Å²) in [4.78, 5) is 0. The molecule has 0 aromatic heterocycles. The SMILES string of the molecule is CC#Cc1ccc(CCCC)cc1.CCCCc1ccc(C#Cc2ccc(C#Cc3ccc(CCCC)cc3)c(CC)c2C)cc1.CCc1c(Cl)ccc(Cl)c1C.CN([Si](C)(C)C)[Si](C)(C)C.[B]B(C)N. The summed E-state index contributed by atoms with van der Waals surface area (Å²) >= 11 is 11.8. The van der Waals surface area contributed by atoms with Crippen LogP contribution in [0.25, 0.3) is 0 Å². The molecule has 5 rings (SSSR count). The Hall–Kier alpha value is -4.16. The zero-order valence-electron chi connectivity index (χ0n) is 47.0. The van der Waals surface area contributed by atoms with Crippen LogP contribution in [-0.2, 0) is 32.1 Å². The van der Waals surface area contributed by atoms with Crippen molar-refractivity contribution >= 4 is 54.1 Å². The van der Waals surface area contributed by atoms with E-state index in [0.29, 0.717) is 0 Å². The Kier molecular flexibility index (Phi) is 32.0. The number of rotatable bonds is 13. The summed E-state index contributed by atoms with van der Waals surface area (Å²) in [6.45, 7) is 33.0. The van der Waals surface area contributed by atoms with Crippen molar-refractivity contribution < 1.29 is 0 Å². The van der Waals surface area contributed by atoms with E-state index in [-0.39, 0.29) is 6.74 Å². The van der Waals surface area contributed by atoms with Gasteiger partial charge in [0.1, 0.15) is 16.5 Å². The minimum Gasteiger partial charge on any atom is -0.377 e. The standard InChI is InChI=1S/C33H36.C13H16.C9H10Cl2.C7H21NSi2.CH5B2N/c1-5-8-10-27-12-16-29(17-13-27)20-22-31-24-25-32(33(7-3)26(31)4)23-21-30-18-14-28(15-19-30)11-9-6-2;1-3-5-7-13-10-8-12(6-4-2)9-11-13;1-3-7-6(2)8(10)4-5-9(7)11;1-8(9(2,3)4)10(5,6)7;1-3(2)4/h12-19,24-25H,5-11H2,1-4H3;8-11H,3,5,7H2,1-2H3;4-5H,3H2,1-2H3;1-7H3;4H2,1H3. The Bertz CT molecular complexity index is 2470. The minimum atomic E-state index is -1.00. The third-order valence-electron chi connectivity index (χ3n) is 12.1. The molecule has 0 fully saturated rings. The Labute approximate surface area is 449 Å². The van der Waals surface area contributed by atoms with E-state index in [1.54, 1.807) is 6.82 Å². The maximum absolute atomic E-state index is 5.94. The first kappa shape index (κ1) is 64.9. The van der Waals surface area contributed by atoms with Crippen molar-refractivity contribution in [3.8, 4) is 35.5 Å². The van der Waals surface area contributed by atoms with Gasteiger partial charge in [-0.1, -0.05) is 189 Å². The van der Waals surface area contributed by atoms with Crippen LogP contribution in [0.15, 0.2) is 97.1 Å². The van der Waals surface area contributed by atoms with E-state index < -0.39 is 16.5 Å². The molecule has 0 saturated heterocycles. The third-order valence-corrected chi connectivity index (χ3v) is 20.9. The minimum absolute atomic E-state index is 0.167. The monoisotopic (exact) mass is 1020 g/mol. The molecule has 0 unspecified atom stereocenters. The van der Waals surface area contributed by atoms with Crippen molar-refractivity contribution in [2.45, 2.75) is 172 Å². The van der Waals surface area contributed by atoms with Crippen LogP contribution in [0.2, 0.25) is 56.2 Å². The van der Waals surface area contributed by atoms with Gasteiger partial charge in [-0.15, -0.1) is 5.92 Å². The van der Waals surface area contributed by atoms with Crippen molar-refractivity contribution in [3.63, 3.8) is 0 Å². The van der Waals surface area contributed by atoms with Gasteiger partial charge in [0, 0.05) is 45.6 Å². The van der Waals surface area contributed by atoms with E-state index in [1.165, 1.54) is 72.8 Å². The molecule has 378 valence electrons.